The lowest BCUT2D eigenvalue weighted by molar-refractivity contribution is -0.131. The van der Waals surface area contributed by atoms with Crippen LogP contribution < -0.4 is 10.5 Å². The van der Waals surface area contributed by atoms with Crippen molar-refractivity contribution in [1.29, 1.82) is 0 Å². The zero-order chi connectivity index (χ0) is 12.8. The van der Waals surface area contributed by atoms with Gasteiger partial charge in [-0.3, -0.25) is 4.79 Å². The summed E-state index contributed by atoms with van der Waals surface area (Å²) in [5.74, 6) is 0.931. The van der Waals surface area contributed by atoms with Gasteiger partial charge in [0, 0.05) is 13.0 Å². The van der Waals surface area contributed by atoms with Crippen LogP contribution in [0.2, 0.25) is 0 Å². The fourth-order valence-electron chi connectivity index (χ4n) is 1.63. The van der Waals surface area contributed by atoms with E-state index in [9.17, 15) is 4.79 Å². The van der Waals surface area contributed by atoms with Gasteiger partial charge in [0.25, 0.3) is 0 Å². The number of carbonyl (C=O) groups is 1. The van der Waals surface area contributed by atoms with Crippen molar-refractivity contribution in [3.63, 3.8) is 0 Å². The van der Waals surface area contributed by atoms with Gasteiger partial charge in [0.1, 0.15) is 5.75 Å². The van der Waals surface area contributed by atoms with E-state index in [0.717, 1.165) is 18.4 Å². The molecule has 2 N–H and O–H groups in total. The molecule has 1 aromatic rings. The van der Waals surface area contributed by atoms with Crippen molar-refractivity contribution in [2.75, 3.05) is 0 Å². The molecular weight excluding hydrogens is 250 g/mol. The summed E-state index contributed by atoms with van der Waals surface area (Å²) < 4.78 is 4.97. The molecule has 0 saturated carbocycles. The number of hydrogen-bond donors (Lipinski definition) is 1. The van der Waals surface area contributed by atoms with Gasteiger partial charge in [-0.15, -0.1) is 12.4 Å². The van der Waals surface area contributed by atoms with Gasteiger partial charge in [0.15, 0.2) is 0 Å². The molecule has 0 aromatic heterocycles. The fourth-order valence-corrected chi connectivity index (χ4v) is 1.63. The number of hydrogen-bond acceptors (Lipinski definition) is 3. The molecule has 1 aromatic carbocycles. The molecule has 0 unspecified atom stereocenters. The standard InChI is InChI=1S/C14H21NO2.ClH/c1-10(2)4-9-14(15)12-5-7-13(8-6-12)17-11(3)16;/h5-8,10,14H,4,9,15H2,1-3H3;1H/t14-;/m0./s1. The molecule has 0 aliphatic carbocycles. The zero-order valence-corrected chi connectivity index (χ0v) is 12.0. The van der Waals surface area contributed by atoms with Crippen LogP contribution in [0.1, 0.15) is 45.2 Å². The van der Waals surface area contributed by atoms with Crippen LogP contribution >= 0.6 is 12.4 Å². The van der Waals surface area contributed by atoms with Crippen molar-refractivity contribution in [1.82, 2.24) is 0 Å². The topological polar surface area (TPSA) is 52.3 Å². The molecular formula is C14H22ClNO2. The molecule has 0 radical (unpaired) electrons. The minimum Gasteiger partial charge on any atom is -0.427 e. The predicted molar refractivity (Wildman–Crippen MR) is 76.0 cm³/mol. The van der Waals surface area contributed by atoms with Gasteiger partial charge in [0.2, 0.25) is 0 Å². The van der Waals surface area contributed by atoms with Gasteiger partial charge < -0.3 is 10.5 Å². The van der Waals surface area contributed by atoms with Gasteiger partial charge in [0.05, 0.1) is 0 Å². The van der Waals surface area contributed by atoms with E-state index in [0.29, 0.717) is 11.7 Å². The molecule has 4 heteroatoms. The number of rotatable bonds is 5. The Morgan fingerprint density at radius 1 is 1.22 bits per heavy atom. The van der Waals surface area contributed by atoms with Crippen molar-refractivity contribution in [2.24, 2.45) is 11.7 Å². The monoisotopic (exact) mass is 271 g/mol. The Labute approximate surface area is 115 Å². The second kappa shape index (κ2) is 8.11. The maximum atomic E-state index is 10.8. The molecule has 0 fully saturated rings. The Bertz CT molecular complexity index is 363. The quantitative estimate of drug-likeness (QED) is 0.659. The van der Waals surface area contributed by atoms with Crippen LogP contribution in [0.15, 0.2) is 24.3 Å². The Kier molecular flexibility index (Phi) is 7.64. The molecule has 1 rings (SSSR count). The van der Waals surface area contributed by atoms with Gasteiger partial charge in [-0.1, -0.05) is 26.0 Å². The lowest BCUT2D eigenvalue weighted by Crippen LogP contribution is -2.11. The Morgan fingerprint density at radius 2 is 1.78 bits per heavy atom. The lowest BCUT2D eigenvalue weighted by Gasteiger charge is -2.13. The summed E-state index contributed by atoms with van der Waals surface area (Å²) in [6, 6.07) is 7.47. The first-order valence-electron chi connectivity index (χ1n) is 6.03. The third kappa shape index (κ3) is 6.03. The van der Waals surface area contributed by atoms with Crippen molar-refractivity contribution in [3.8, 4) is 5.75 Å². The van der Waals surface area contributed by atoms with E-state index in [1.165, 1.54) is 6.92 Å². The molecule has 1 atom stereocenters. The third-order valence-electron chi connectivity index (χ3n) is 2.62. The first-order chi connectivity index (χ1) is 7.99. The first-order valence-corrected chi connectivity index (χ1v) is 6.03. The first kappa shape index (κ1) is 16.9. The highest BCUT2D eigenvalue weighted by Gasteiger charge is 2.07. The lowest BCUT2D eigenvalue weighted by atomic mass is 9.98. The average molecular weight is 272 g/mol. The van der Waals surface area contributed by atoms with Crippen LogP contribution in [0.5, 0.6) is 5.75 Å². The number of esters is 1. The number of nitrogens with two attached hydrogens (primary N) is 1. The molecule has 18 heavy (non-hydrogen) atoms. The minimum absolute atomic E-state index is 0. The normalized spacial score (nSPS) is 11.8. The summed E-state index contributed by atoms with van der Waals surface area (Å²) in [6.45, 7) is 5.77. The van der Waals surface area contributed by atoms with Crippen molar-refractivity contribution in [3.05, 3.63) is 29.8 Å². The van der Waals surface area contributed by atoms with Gasteiger partial charge in [-0.25, -0.2) is 0 Å². The van der Waals surface area contributed by atoms with E-state index in [4.69, 9.17) is 10.5 Å². The van der Waals surface area contributed by atoms with Crippen molar-refractivity contribution < 1.29 is 9.53 Å². The van der Waals surface area contributed by atoms with Crippen LogP contribution in [-0.2, 0) is 4.79 Å². The molecule has 0 saturated heterocycles. The molecule has 3 nitrogen and oxygen atoms in total. The highest BCUT2D eigenvalue weighted by atomic mass is 35.5. The summed E-state index contributed by atoms with van der Waals surface area (Å²) in [7, 11) is 0. The molecule has 0 bridgehead atoms. The molecule has 0 heterocycles. The summed E-state index contributed by atoms with van der Waals surface area (Å²) in [4.78, 5) is 10.8. The molecule has 0 amide bonds. The van der Waals surface area contributed by atoms with Gasteiger partial charge >= 0.3 is 5.97 Å². The summed E-state index contributed by atoms with van der Waals surface area (Å²) in [6.07, 6.45) is 2.09. The van der Waals surface area contributed by atoms with Crippen LogP contribution in [0.25, 0.3) is 0 Å². The molecule has 0 aliphatic heterocycles. The average Bonchev–Trinajstić information content (AvgIpc) is 2.26. The Balaban J connectivity index is 0.00000289. The second-order valence-electron chi connectivity index (χ2n) is 4.74. The van der Waals surface area contributed by atoms with E-state index >= 15 is 0 Å². The predicted octanol–water partition coefficient (Wildman–Crippen LogP) is 3.47. The number of ether oxygens (including phenoxy) is 1. The highest BCUT2D eigenvalue weighted by molar-refractivity contribution is 5.85. The van der Waals surface area contributed by atoms with Gasteiger partial charge in [-0.2, -0.15) is 0 Å². The Morgan fingerprint density at radius 3 is 2.22 bits per heavy atom. The van der Waals surface area contributed by atoms with Crippen LogP contribution in [0, 0.1) is 5.92 Å². The summed E-state index contributed by atoms with van der Waals surface area (Å²) >= 11 is 0. The van der Waals surface area contributed by atoms with Crippen molar-refractivity contribution in [2.45, 2.75) is 39.7 Å². The van der Waals surface area contributed by atoms with E-state index in [1.807, 2.05) is 12.1 Å². The van der Waals surface area contributed by atoms with Crippen LogP contribution in [0.4, 0.5) is 0 Å². The van der Waals surface area contributed by atoms with E-state index < -0.39 is 0 Å². The summed E-state index contributed by atoms with van der Waals surface area (Å²) in [5, 5.41) is 0. The summed E-state index contributed by atoms with van der Waals surface area (Å²) in [5.41, 5.74) is 7.17. The van der Waals surface area contributed by atoms with E-state index in [1.54, 1.807) is 12.1 Å². The Hall–Kier alpha value is -1.06. The van der Waals surface area contributed by atoms with Gasteiger partial charge in [-0.05, 0) is 36.5 Å². The maximum Gasteiger partial charge on any atom is 0.308 e. The highest BCUT2D eigenvalue weighted by Crippen LogP contribution is 2.21. The van der Waals surface area contributed by atoms with E-state index in [2.05, 4.69) is 13.8 Å². The maximum absolute atomic E-state index is 10.8. The number of halogens is 1. The SMILES string of the molecule is CC(=O)Oc1ccc([C@@H](N)CCC(C)C)cc1.Cl. The number of carbonyl (C=O) groups excluding carboxylic acids is 1. The number of benzene rings is 1. The van der Waals surface area contributed by atoms with Crippen molar-refractivity contribution >= 4 is 18.4 Å². The van der Waals surface area contributed by atoms with E-state index in [-0.39, 0.29) is 24.4 Å². The molecule has 0 spiro atoms. The minimum atomic E-state index is -0.304. The van der Waals surface area contributed by atoms with Crippen LogP contribution in [0.3, 0.4) is 0 Å². The van der Waals surface area contributed by atoms with Crippen LogP contribution in [-0.4, -0.2) is 5.97 Å². The largest absolute Gasteiger partial charge is 0.427 e. The smallest absolute Gasteiger partial charge is 0.308 e. The molecule has 0 aliphatic rings. The fraction of sp³-hybridized carbons (Fsp3) is 0.500. The second-order valence-corrected chi connectivity index (χ2v) is 4.74. The zero-order valence-electron chi connectivity index (χ0n) is 11.2. The third-order valence-corrected chi connectivity index (χ3v) is 2.62. The molecule has 102 valence electrons.